The zero-order chi connectivity index (χ0) is 31.4. The summed E-state index contributed by atoms with van der Waals surface area (Å²) in [6.07, 6.45) is 9.86. The van der Waals surface area contributed by atoms with Gasteiger partial charge in [-0.25, -0.2) is 19.7 Å². The Morgan fingerprint density at radius 2 is 1.89 bits per heavy atom. The number of nitrogens with zero attached hydrogens (tertiary/aromatic N) is 4. The molecule has 236 valence electrons. The van der Waals surface area contributed by atoms with Crippen LogP contribution in [0.1, 0.15) is 71.4 Å². The molecule has 11 heteroatoms. The molecule has 0 aliphatic heterocycles. The lowest BCUT2D eigenvalue weighted by Crippen LogP contribution is -2.33. The number of amides is 1. The van der Waals surface area contributed by atoms with E-state index in [0.717, 1.165) is 73.9 Å². The standard InChI is InChI=1S/C33H44ClN7O3/c1-5-20-43-21-8-6-7-16-35-30-31-38-23-28(41(31)19-18-36-30)27-13-10-14-29(40-27)39-26(24-11-9-12-25(34)22-24)15-17-37-32(42)44-33(2,3)4/h9-14,18-19,22-23,26H,5-8,15-17,20-21H2,1-4H3,(H,35,36)(H,37,42)(H,39,40). The van der Waals surface area contributed by atoms with Crippen molar-refractivity contribution < 1.29 is 14.3 Å². The van der Waals surface area contributed by atoms with Crippen LogP contribution in [0.4, 0.5) is 16.4 Å². The fourth-order valence-corrected chi connectivity index (χ4v) is 4.91. The van der Waals surface area contributed by atoms with Crippen LogP contribution < -0.4 is 16.0 Å². The van der Waals surface area contributed by atoms with E-state index in [4.69, 9.17) is 26.1 Å². The summed E-state index contributed by atoms with van der Waals surface area (Å²) in [5.41, 5.74) is 2.80. The molecule has 1 amide bonds. The summed E-state index contributed by atoms with van der Waals surface area (Å²) in [4.78, 5) is 26.3. The molecule has 3 aromatic heterocycles. The van der Waals surface area contributed by atoms with Crippen LogP contribution in [0, 0.1) is 0 Å². The van der Waals surface area contributed by atoms with Gasteiger partial charge in [0.1, 0.15) is 11.4 Å². The van der Waals surface area contributed by atoms with Crippen LogP contribution in [-0.2, 0) is 9.47 Å². The Balaban J connectivity index is 1.44. The molecule has 0 bridgehead atoms. The highest BCUT2D eigenvalue weighted by Crippen LogP contribution is 2.27. The lowest BCUT2D eigenvalue weighted by atomic mass is 10.0. The molecule has 0 aliphatic carbocycles. The molecule has 0 radical (unpaired) electrons. The quantitative estimate of drug-likeness (QED) is 0.110. The normalized spacial score (nSPS) is 12.2. The van der Waals surface area contributed by atoms with Gasteiger partial charge in [0.2, 0.25) is 0 Å². The smallest absolute Gasteiger partial charge is 0.407 e. The molecule has 4 aromatic rings. The Morgan fingerprint density at radius 3 is 2.68 bits per heavy atom. The summed E-state index contributed by atoms with van der Waals surface area (Å²) in [5.74, 6) is 1.43. The maximum absolute atomic E-state index is 12.2. The highest BCUT2D eigenvalue weighted by molar-refractivity contribution is 6.30. The van der Waals surface area contributed by atoms with E-state index in [-0.39, 0.29) is 6.04 Å². The molecular weight excluding hydrogens is 578 g/mol. The molecule has 3 heterocycles. The van der Waals surface area contributed by atoms with Crippen LogP contribution in [0.3, 0.4) is 0 Å². The fraction of sp³-hybridized carbons (Fsp3) is 0.455. The highest BCUT2D eigenvalue weighted by Gasteiger charge is 2.18. The van der Waals surface area contributed by atoms with Gasteiger partial charge in [-0.3, -0.25) is 4.40 Å². The maximum atomic E-state index is 12.2. The average Bonchev–Trinajstić information content (AvgIpc) is 3.42. The molecular formula is C33H44ClN7O3. The molecule has 3 N–H and O–H groups in total. The molecule has 0 aliphatic rings. The first-order valence-corrected chi connectivity index (χ1v) is 15.7. The van der Waals surface area contributed by atoms with Crippen molar-refractivity contribution in [2.45, 2.75) is 71.4 Å². The number of aromatic nitrogens is 4. The number of hydrogen-bond donors (Lipinski definition) is 3. The van der Waals surface area contributed by atoms with E-state index in [1.165, 1.54) is 0 Å². The van der Waals surface area contributed by atoms with Gasteiger partial charge in [0.05, 0.1) is 23.6 Å². The van der Waals surface area contributed by atoms with Gasteiger partial charge in [-0.2, -0.15) is 0 Å². The van der Waals surface area contributed by atoms with Crippen molar-refractivity contribution in [3.8, 4) is 11.4 Å². The first-order chi connectivity index (χ1) is 21.2. The van der Waals surface area contributed by atoms with Crippen LogP contribution >= 0.6 is 11.6 Å². The van der Waals surface area contributed by atoms with Crippen molar-refractivity contribution in [3.63, 3.8) is 0 Å². The number of anilines is 2. The van der Waals surface area contributed by atoms with Gasteiger partial charge in [0.25, 0.3) is 0 Å². The largest absolute Gasteiger partial charge is 0.444 e. The summed E-state index contributed by atoms with van der Waals surface area (Å²) in [7, 11) is 0. The number of rotatable bonds is 16. The van der Waals surface area contributed by atoms with E-state index in [2.05, 4.69) is 32.8 Å². The highest BCUT2D eigenvalue weighted by atomic mass is 35.5. The predicted octanol–water partition coefficient (Wildman–Crippen LogP) is 7.52. The van der Waals surface area contributed by atoms with Crippen molar-refractivity contribution in [1.29, 1.82) is 0 Å². The Kier molecular flexibility index (Phi) is 12.2. The maximum Gasteiger partial charge on any atom is 0.407 e. The fourth-order valence-electron chi connectivity index (χ4n) is 4.71. The molecule has 1 aromatic carbocycles. The van der Waals surface area contributed by atoms with Crippen molar-refractivity contribution >= 4 is 35.0 Å². The van der Waals surface area contributed by atoms with Gasteiger partial charge in [-0.15, -0.1) is 0 Å². The van der Waals surface area contributed by atoms with Gasteiger partial charge in [-0.1, -0.05) is 36.7 Å². The van der Waals surface area contributed by atoms with Crippen LogP contribution in [0.5, 0.6) is 0 Å². The lowest BCUT2D eigenvalue weighted by Gasteiger charge is -2.22. The van der Waals surface area contributed by atoms with Gasteiger partial charge in [0.15, 0.2) is 11.5 Å². The van der Waals surface area contributed by atoms with Gasteiger partial charge in [-0.05, 0) is 82.7 Å². The number of unbranched alkanes of at least 4 members (excludes halogenated alkanes) is 2. The molecule has 0 saturated carbocycles. The van der Waals surface area contributed by atoms with E-state index in [1.807, 2.05) is 80.0 Å². The second kappa shape index (κ2) is 16.3. The van der Waals surface area contributed by atoms with E-state index >= 15 is 0 Å². The van der Waals surface area contributed by atoms with Crippen molar-refractivity contribution in [2.75, 3.05) is 36.9 Å². The first-order valence-electron chi connectivity index (χ1n) is 15.3. The SMILES string of the molecule is CCCOCCCCCNc1nccn2c(-c3cccc(NC(CCNC(=O)OC(C)(C)C)c4cccc(Cl)c4)n3)cnc12. The second-order valence-corrected chi connectivity index (χ2v) is 12.0. The molecule has 1 unspecified atom stereocenters. The minimum atomic E-state index is -0.562. The van der Waals surface area contributed by atoms with E-state index in [0.29, 0.717) is 23.8 Å². The molecule has 1 atom stereocenters. The second-order valence-electron chi connectivity index (χ2n) is 11.6. The molecule has 0 saturated heterocycles. The Bertz CT molecular complexity index is 1490. The Morgan fingerprint density at radius 1 is 1.05 bits per heavy atom. The van der Waals surface area contributed by atoms with Gasteiger partial charge >= 0.3 is 6.09 Å². The minimum absolute atomic E-state index is 0.160. The third-order valence-electron chi connectivity index (χ3n) is 6.72. The number of fused-ring (bicyclic) bond motifs is 1. The number of alkyl carbamates (subject to hydrolysis) is 1. The Hall–Kier alpha value is -3.89. The number of halogens is 1. The number of nitrogens with one attached hydrogen (secondary N) is 3. The number of ether oxygens (including phenoxy) is 2. The zero-order valence-corrected chi connectivity index (χ0v) is 26.9. The number of carbonyl (C=O) groups is 1. The van der Waals surface area contributed by atoms with Crippen LogP contribution in [0.25, 0.3) is 17.0 Å². The number of benzene rings is 1. The first kappa shape index (κ1) is 33.0. The third kappa shape index (κ3) is 10.1. The molecule has 44 heavy (non-hydrogen) atoms. The topological polar surface area (TPSA) is 115 Å². The molecule has 4 rings (SSSR count). The molecule has 10 nitrogen and oxygen atoms in total. The third-order valence-corrected chi connectivity index (χ3v) is 6.96. The summed E-state index contributed by atoms with van der Waals surface area (Å²) < 4.78 is 13.0. The zero-order valence-electron chi connectivity index (χ0n) is 26.1. The number of imidazole rings is 1. The average molecular weight is 622 g/mol. The molecule has 0 fully saturated rings. The van der Waals surface area contributed by atoms with Gasteiger partial charge < -0.3 is 25.4 Å². The summed E-state index contributed by atoms with van der Waals surface area (Å²) >= 11 is 6.32. The summed E-state index contributed by atoms with van der Waals surface area (Å²) in [5, 5.41) is 10.5. The van der Waals surface area contributed by atoms with E-state index in [1.54, 1.807) is 6.20 Å². The number of carbonyl (C=O) groups excluding carboxylic acids is 1. The van der Waals surface area contributed by atoms with Crippen LogP contribution in [-0.4, -0.2) is 57.4 Å². The monoisotopic (exact) mass is 621 g/mol. The van der Waals surface area contributed by atoms with Crippen molar-refractivity contribution in [3.05, 3.63) is 71.6 Å². The van der Waals surface area contributed by atoms with Crippen molar-refractivity contribution in [1.82, 2.24) is 24.7 Å². The lowest BCUT2D eigenvalue weighted by molar-refractivity contribution is 0.0526. The van der Waals surface area contributed by atoms with Crippen LogP contribution in [0.2, 0.25) is 5.02 Å². The van der Waals surface area contributed by atoms with E-state index in [9.17, 15) is 4.79 Å². The number of hydrogen-bond acceptors (Lipinski definition) is 8. The van der Waals surface area contributed by atoms with Gasteiger partial charge in [0, 0.05) is 43.7 Å². The Labute approximate surface area is 265 Å². The molecule has 0 spiro atoms. The summed E-state index contributed by atoms with van der Waals surface area (Å²) in [6.45, 7) is 10.5. The van der Waals surface area contributed by atoms with Crippen LogP contribution in [0.15, 0.2) is 61.1 Å². The van der Waals surface area contributed by atoms with Crippen molar-refractivity contribution in [2.24, 2.45) is 0 Å². The minimum Gasteiger partial charge on any atom is -0.444 e. The van der Waals surface area contributed by atoms with E-state index < -0.39 is 11.7 Å². The summed E-state index contributed by atoms with van der Waals surface area (Å²) in [6, 6.07) is 13.4. The number of pyridine rings is 1. The predicted molar refractivity (Wildman–Crippen MR) is 176 cm³/mol.